The van der Waals surface area contributed by atoms with Gasteiger partial charge in [0.05, 0.1) is 12.6 Å². The summed E-state index contributed by atoms with van der Waals surface area (Å²) in [5, 5.41) is 14.2. The van der Waals surface area contributed by atoms with E-state index in [1.807, 2.05) is 12.3 Å². The Kier molecular flexibility index (Phi) is 6.19. The van der Waals surface area contributed by atoms with Crippen LogP contribution >= 0.6 is 12.4 Å². The molecule has 1 aliphatic rings. The van der Waals surface area contributed by atoms with E-state index < -0.39 is 0 Å². The highest BCUT2D eigenvalue weighted by Gasteiger charge is 2.25. The number of halogens is 1. The van der Waals surface area contributed by atoms with Crippen molar-refractivity contribution in [1.82, 2.24) is 15.0 Å². The SMILES string of the molecule is CCCc1cc(N2CCC[C@H]2CO)nc(Nc2ccc3cc[nH]c3c2)n1.Cl. The normalized spacial score (nSPS) is 16.5. The first-order chi connectivity index (χ1) is 12.8. The molecule has 144 valence electrons. The molecule has 0 unspecified atom stereocenters. The average molecular weight is 388 g/mol. The van der Waals surface area contributed by atoms with E-state index in [2.05, 4.69) is 51.4 Å². The van der Waals surface area contributed by atoms with Crippen molar-refractivity contribution in [2.75, 3.05) is 23.4 Å². The zero-order valence-corrected chi connectivity index (χ0v) is 16.3. The van der Waals surface area contributed by atoms with Gasteiger partial charge in [-0.1, -0.05) is 19.4 Å². The molecule has 1 aliphatic heterocycles. The molecule has 3 N–H and O–H groups in total. The van der Waals surface area contributed by atoms with Gasteiger partial charge in [-0.15, -0.1) is 12.4 Å². The first-order valence-electron chi connectivity index (χ1n) is 9.36. The summed E-state index contributed by atoms with van der Waals surface area (Å²) in [7, 11) is 0. The van der Waals surface area contributed by atoms with E-state index >= 15 is 0 Å². The Morgan fingerprint density at radius 3 is 2.96 bits per heavy atom. The Balaban J connectivity index is 0.00000210. The number of fused-ring (bicyclic) bond motifs is 1. The molecule has 0 spiro atoms. The van der Waals surface area contributed by atoms with E-state index in [0.29, 0.717) is 5.95 Å². The van der Waals surface area contributed by atoms with E-state index in [0.717, 1.165) is 54.9 Å². The van der Waals surface area contributed by atoms with Crippen molar-refractivity contribution in [3.63, 3.8) is 0 Å². The summed E-state index contributed by atoms with van der Waals surface area (Å²) in [5.41, 5.74) is 3.07. The molecule has 1 atom stereocenters. The maximum absolute atomic E-state index is 9.65. The lowest BCUT2D eigenvalue weighted by molar-refractivity contribution is 0.266. The quantitative estimate of drug-likeness (QED) is 0.595. The molecule has 0 bridgehead atoms. The van der Waals surface area contributed by atoms with Gasteiger partial charge in [-0.25, -0.2) is 4.98 Å². The van der Waals surface area contributed by atoms with Gasteiger partial charge in [-0.2, -0.15) is 4.98 Å². The molecule has 7 heteroatoms. The fraction of sp³-hybridized carbons (Fsp3) is 0.400. The number of aromatic nitrogens is 3. The minimum atomic E-state index is 0. The van der Waals surface area contributed by atoms with Crippen LogP contribution in [-0.4, -0.2) is 39.3 Å². The van der Waals surface area contributed by atoms with Crippen molar-refractivity contribution in [3.05, 3.63) is 42.2 Å². The van der Waals surface area contributed by atoms with Crippen molar-refractivity contribution in [2.45, 2.75) is 38.6 Å². The molecular weight excluding hydrogens is 362 g/mol. The fourth-order valence-corrected chi connectivity index (χ4v) is 3.65. The summed E-state index contributed by atoms with van der Waals surface area (Å²) in [6.07, 6.45) is 5.99. The highest BCUT2D eigenvalue weighted by molar-refractivity contribution is 5.85. The Hall–Kier alpha value is -2.31. The van der Waals surface area contributed by atoms with Crippen LogP contribution in [0.5, 0.6) is 0 Å². The maximum Gasteiger partial charge on any atom is 0.229 e. The van der Waals surface area contributed by atoms with Gasteiger partial charge in [0.15, 0.2) is 0 Å². The second kappa shape index (κ2) is 8.59. The molecule has 0 radical (unpaired) electrons. The molecule has 4 rings (SSSR count). The van der Waals surface area contributed by atoms with Crippen LogP contribution in [0.1, 0.15) is 31.9 Å². The molecular formula is C20H26ClN5O. The smallest absolute Gasteiger partial charge is 0.229 e. The monoisotopic (exact) mass is 387 g/mol. The molecule has 1 saturated heterocycles. The number of anilines is 3. The van der Waals surface area contributed by atoms with Crippen molar-refractivity contribution in [1.29, 1.82) is 0 Å². The van der Waals surface area contributed by atoms with Crippen LogP contribution in [0.2, 0.25) is 0 Å². The molecule has 0 aliphatic carbocycles. The largest absolute Gasteiger partial charge is 0.394 e. The molecule has 3 heterocycles. The summed E-state index contributed by atoms with van der Waals surface area (Å²) in [6, 6.07) is 10.5. The van der Waals surface area contributed by atoms with E-state index in [1.54, 1.807) is 0 Å². The third-order valence-electron chi connectivity index (χ3n) is 4.97. The van der Waals surface area contributed by atoms with Crippen LogP contribution in [0.3, 0.4) is 0 Å². The van der Waals surface area contributed by atoms with Crippen molar-refractivity contribution in [2.24, 2.45) is 0 Å². The Bertz CT molecular complexity index is 897. The van der Waals surface area contributed by atoms with Gasteiger partial charge in [0.2, 0.25) is 5.95 Å². The number of aliphatic hydroxyl groups excluding tert-OH is 1. The van der Waals surface area contributed by atoms with Gasteiger partial charge in [0.1, 0.15) is 5.82 Å². The third-order valence-corrected chi connectivity index (χ3v) is 4.97. The number of hydrogen-bond donors (Lipinski definition) is 3. The zero-order chi connectivity index (χ0) is 17.9. The topological polar surface area (TPSA) is 77.1 Å². The van der Waals surface area contributed by atoms with E-state index in [-0.39, 0.29) is 25.1 Å². The minimum absolute atomic E-state index is 0. The predicted octanol–water partition coefficient (Wildman–Crippen LogP) is 4.04. The molecule has 2 aromatic heterocycles. The van der Waals surface area contributed by atoms with Crippen LogP contribution in [0.4, 0.5) is 17.5 Å². The van der Waals surface area contributed by atoms with Crippen LogP contribution in [0.15, 0.2) is 36.5 Å². The van der Waals surface area contributed by atoms with E-state index in [9.17, 15) is 5.11 Å². The Labute approximate surface area is 165 Å². The first kappa shape index (κ1) is 19.5. The van der Waals surface area contributed by atoms with Crippen molar-refractivity contribution >= 4 is 40.8 Å². The number of aliphatic hydroxyl groups is 1. The molecule has 1 fully saturated rings. The second-order valence-corrected chi connectivity index (χ2v) is 6.87. The van der Waals surface area contributed by atoms with Gasteiger partial charge in [0, 0.05) is 35.7 Å². The lowest BCUT2D eigenvalue weighted by atomic mass is 10.2. The summed E-state index contributed by atoms with van der Waals surface area (Å²) in [5.74, 6) is 1.52. The highest BCUT2D eigenvalue weighted by atomic mass is 35.5. The minimum Gasteiger partial charge on any atom is -0.394 e. The molecule has 27 heavy (non-hydrogen) atoms. The van der Waals surface area contributed by atoms with E-state index in [1.165, 1.54) is 5.39 Å². The van der Waals surface area contributed by atoms with Crippen LogP contribution in [-0.2, 0) is 6.42 Å². The first-order valence-corrected chi connectivity index (χ1v) is 9.36. The molecule has 1 aromatic carbocycles. The zero-order valence-electron chi connectivity index (χ0n) is 15.5. The maximum atomic E-state index is 9.65. The predicted molar refractivity (Wildman–Crippen MR) is 112 cm³/mol. The molecule has 0 amide bonds. The third kappa shape index (κ3) is 4.17. The summed E-state index contributed by atoms with van der Waals surface area (Å²) in [4.78, 5) is 14.9. The van der Waals surface area contributed by atoms with Crippen LogP contribution < -0.4 is 10.2 Å². The number of nitrogens with zero attached hydrogens (tertiary/aromatic N) is 3. The van der Waals surface area contributed by atoms with Crippen molar-refractivity contribution < 1.29 is 5.11 Å². The fourth-order valence-electron chi connectivity index (χ4n) is 3.65. The molecule has 3 aromatic rings. The second-order valence-electron chi connectivity index (χ2n) is 6.87. The van der Waals surface area contributed by atoms with Gasteiger partial charge in [-0.05, 0) is 42.8 Å². The van der Waals surface area contributed by atoms with Gasteiger partial charge in [-0.3, -0.25) is 0 Å². The van der Waals surface area contributed by atoms with E-state index in [4.69, 9.17) is 4.98 Å². The Morgan fingerprint density at radius 1 is 1.26 bits per heavy atom. The summed E-state index contributed by atoms with van der Waals surface area (Å²) >= 11 is 0. The lowest BCUT2D eigenvalue weighted by Gasteiger charge is -2.25. The van der Waals surface area contributed by atoms with Crippen LogP contribution in [0.25, 0.3) is 10.9 Å². The van der Waals surface area contributed by atoms with Gasteiger partial charge < -0.3 is 20.3 Å². The molecule has 6 nitrogen and oxygen atoms in total. The average Bonchev–Trinajstić information content (AvgIpc) is 3.30. The highest BCUT2D eigenvalue weighted by Crippen LogP contribution is 2.27. The number of aryl methyl sites for hydroxylation is 1. The number of hydrogen-bond acceptors (Lipinski definition) is 5. The summed E-state index contributed by atoms with van der Waals surface area (Å²) in [6.45, 7) is 3.25. The van der Waals surface area contributed by atoms with Gasteiger partial charge in [0.25, 0.3) is 0 Å². The Morgan fingerprint density at radius 2 is 2.15 bits per heavy atom. The standard InChI is InChI=1S/C20H25N5O.ClH/c1-2-4-15-12-19(25-10-3-5-17(25)13-26)24-20(22-15)23-16-7-6-14-8-9-21-18(14)11-16;/h6-9,11-12,17,21,26H,2-5,10,13H2,1H3,(H,22,23,24);1H/t17-;/m0./s1. The van der Waals surface area contributed by atoms with Crippen LogP contribution in [0, 0.1) is 0 Å². The number of aromatic amines is 1. The number of benzene rings is 1. The lowest BCUT2D eigenvalue weighted by Crippen LogP contribution is -2.33. The number of nitrogens with one attached hydrogen (secondary N) is 2. The van der Waals surface area contributed by atoms with Crippen molar-refractivity contribution in [3.8, 4) is 0 Å². The molecule has 0 saturated carbocycles. The number of H-pyrrole nitrogens is 1. The number of rotatable bonds is 6. The summed E-state index contributed by atoms with van der Waals surface area (Å²) < 4.78 is 0. The van der Waals surface area contributed by atoms with Gasteiger partial charge >= 0.3 is 0 Å².